The first-order chi connectivity index (χ1) is 11.5. The molecule has 0 aliphatic rings. The van der Waals surface area contributed by atoms with E-state index in [0.29, 0.717) is 36.5 Å². The standard InChI is InChI=1S/C17H24N4O2S.HI/c1-11(2)13-10-24-16(21-13)9-20-17(18)19-8-12-5-6-14(22-3)15(7-12)23-4;/h5-7,10-11H,8-9H2,1-4H3,(H3,18,19,20);1H. The van der Waals surface area contributed by atoms with Crippen LogP contribution in [0.15, 0.2) is 28.6 Å². The van der Waals surface area contributed by atoms with Crippen molar-refractivity contribution < 1.29 is 9.47 Å². The zero-order valence-corrected chi connectivity index (χ0v) is 18.1. The second kappa shape index (κ2) is 10.4. The quantitative estimate of drug-likeness (QED) is 0.363. The zero-order valence-electron chi connectivity index (χ0n) is 14.9. The molecule has 2 aromatic rings. The highest BCUT2D eigenvalue weighted by atomic mass is 127. The monoisotopic (exact) mass is 476 g/mol. The summed E-state index contributed by atoms with van der Waals surface area (Å²) < 4.78 is 10.5. The Morgan fingerprint density at radius 1 is 1.28 bits per heavy atom. The Morgan fingerprint density at radius 3 is 2.60 bits per heavy atom. The molecule has 0 amide bonds. The van der Waals surface area contributed by atoms with Crippen LogP contribution < -0.4 is 20.5 Å². The summed E-state index contributed by atoms with van der Waals surface area (Å²) in [6.07, 6.45) is 0. The molecule has 1 aromatic heterocycles. The smallest absolute Gasteiger partial charge is 0.189 e. The first-order valence-electron chi connectivity index (χ1n) is 7.72. The van der Waals surface area contributed by atoms with E-state index in [1.165, 1.54) is 0 Å². The van der Waals surface area contributed by atoms with Gasteiger partial charge in [0.05, 0.1) is 33.0 Å². The number of rotatable bonds is 7. The maximum absolute atomic E-state index is 5.92. The third-order valence-electron chi connectivity index (χ3n) is 3.46. The van der Waals surface area contributed by atoms with Gasteiger partial charge >= 0.3 is 0 Å². The van der Waals surface area contributed by atoms with E-state index in [-0.39, 0.29) is 24.0 Å². The minimum atomic E-state index is 0. The molecule has 6 nitrogen and oxygen atoms in total. The Bertz CT molecular complexity index is 704. The molecule has 3 N–H and O–H groups in total. The maximum Gasteiger partial charge on any atom is 0.189 e. The van der Waals surface area contributed by atoms with Gasteiger partial charge in [-0.15, -0.1) is 35.3 Å². The van der Waals surface area contributed by atoms with Crippen LogP contribution >= 0.6 is 35.3 Å². The topological polar surface area (TPSA) is 81.8 Å². The molecule has 0 atom stereocenters. The van der Waals surface area contributed by atoms with Crippen molar-refractivity contribution in [3.8, 4) is 11.5 Å². The fourth-order valence-corrected chi connectivity index (χ4v) is 2.94. The zero-order chi connectivity index (χ0) is 17.5. The average Bonchev–Trinajstić information content (AvgIpc) is 3.07. The van der Waals surface area contributed by atoms with Crippen molar-refractivity contribution in [2.24, 2.45) is 10.7 Å². The third kappa shape index (κ3) is 6.35. The van der Waals surface area contributed by atoms with Crippen LogP contribution in [-0.2, 0) is 13.1 Å². The molecule has 25 heavy (non-hydrogen) atoms. The van der Waals surface area contributed by atoms with Gasteiger partial charge in [0.2, 0.25) is 0 Å². The number of aliphatic imine (C=N–C) groups is 1. The predicted molar refractivity (Wildman–Crippen MR) is 113 cm³/mol. The van der Waals surface area contributed by atoms with Crippen LogP contribution in [0.1, 0.15) is 36.0 Å². The third-order valence-corrected chi connectivity index (χ3v) is 4.33. The van der Waals surface area contributed by atoms with E-state index in [0.717, 1.165) is 16.3 Å². The van der Waals surface area contributed by atoms with Gasteiger partial charge in [0, 0.05) is 5.38 Å². The van der Waals surface area contributed by atoms with Crippen molar-refractivity contribution in [3.63, 3.8) is 0 Å². The number of nitrogens with two attached hydrogens (primary N) is 1. The predicted octanol–water partition coefficient (Wildman–Crippen LogP) is 3.51. The van der Waals surface area contributed by atoms with Crippen molar-refractivity contribution in [3.05, 3.63) is 39.8 Å². The van der Waals surface area contributed by atoms with Gasteiger partial charge in [0.25, 0.3) is 0 Å². The van der Waals surface area contributed by atoms with Crippen LogP contribution in [0.3, 0.4) is 0 Å². The first-order valence-corrected chi connectivity index (χ1v) is 8.60. The number of benzene rings is 1. The number of guanidine groups is 1. The van der Waals surface area contributed by atoms with Gasteiger partial charge in [0.15, 0.2) is 17.5 Å². The fourth-order valence-electron chi connectivity index (χ4n) is 2.05. The van der Waals surface area contributed by atoms with Crippen LogP contribution in [0.4, 0.5) is 0 Å². The van der Waals surface area contributed by atoms with Crippen LogP contribution in [-0.4, -0.2) is 25.2 Å². The lowest BCUT2D eigenvalue weighted by Gasteiger charge is -2.09. The molecule has 0 bridgehead atoms. The van der Waals surface area contributed by atoms with Gasteiger partial charge in [-0.1, -0.05) is 19.9 Å². The largest absolute Gasteiger partial charge is 0.493 e. The molecule has 0 aliphatic heterocycles. The molecule has 8 heteroatoms. The van der Waals surface area contributed by atoms with Crippen molar-refractivity contribution in [1.82, 2.24) is 10.3 Å². The minimum Gasteiger partial charge on any atom is -0.493 e. The maximum atomic E-state index is 5.92. The number of aromatic nitrogens is 1. The molecular formula is C17H25IN4O2S. The Balaban J connectivity index is 0.00000312. The summed E-state index contributed by atoms with van der Waals surface area (Å²) in [5, 5.41) is 6.18. The SMILES string of the molecule is COc1ccc(CN=C(N)NCc2nc(C(C)C)cs2)cc1OC.I. The number of halogens is 1. The summed E-state index contributed by atoms with van der Waals surface area (Å²) >= 11 is 1.63. The average molecular weight is 476 g/mol. The molecule has 0 radical (unpaired) electrons. The van der Waals surface area contributed by atoms with Gasteiger partial charge in [-0.2, -0.15) is 0 Å². The fraction of sp³-hybridized carbons (Fsp3) is 0.412. The molecule has 0 spiro atoms. The second-order valence-corrected chi connectivity index (χ2v) is 6.51. The summed E-state index contributed by atoms with van der Waals surface area (Å²) in [5.74, 6) is 2.21. The molecule has 1 aromatic carbocycles. The van der Waals surface area contributed by atoms with Crippen LogP contribution in [0.2, 0.25) is 0 Å². The summed E-state index contributed by atoms with van der Waals surface area (Å²) in [6.45, 7) is 5.31. The lowest BCUT2D eigenvalue weighted by Crippen LogP contribution is -2.31. The lowest BCUT2D eigenvalue weighted by molar-refractivity contribution is 0.354. The molecule has 138 valence electrons. The number of hydrogen-bond acceptors (Lipinski definition) is 5. The highest BCUT2D eigenvalue weighted by Gasteiger charge is 2.06. The summed E-state index contributed by atoms with van der Waals surface area (Å²) in [6, 6.07) is 5.69. The first kappa shape index (κ1) is 21.5. The van der Waals surface area contributed by atoms with Crippen LogP contribution in [0.5, 0.6) is 11.5 Å². The van der Waals surface area contributed by atoms with Gasteiger partial charge < -0.3 is 20.5 Å². The van der Waals surface area contributed by atoms with Gasteiger partial charge in [-0.25, -0.2) is 9.98 Å². The normalized spacial score (nSPS) is 11.2. The van der Waals surface area contributed by atoms with Crippen molar-refractivity contribution in [2.75, 3.05) is 14.2 Å². The number of nitrogens with zero attached hydrogens (tertiary/aromatic N) is 2. The molecule has 0 saturated carbocycles. The number of ether oxygens (including phenoxy) is 2. The number of hydrogen-bond donors (Lipinski definition) is 2. The number of methoxy groups -OCH3 is 2. The second-order valence-electron chi connectivity index (χ2n) is 5.57. The highest BCUT2D eigenvalue weighted by Crippen LogP contribution is 2.27. The van der Waals surface area contributed by atoms with E-state index in [1.807, 2.05) is 18.2 Å². The van der Waals surface area contributed by atoms with E-state index in [9.17, 15) is 0 Å². The van der Waals surface area contributed by atoms with Gasteiger partial charge in [-0.05, 0) is 23.6 Å². The molecular weight excluding hydrogens is 451 g/mol. The molecule has 1 heterocycles. The summed E-state index contributed by atoms with van der Waals surface area (Å²) in [4.78, 5) is 8.90. The molecule has 0 fully saturated rings. The van der Waals surface area contributed by atoms with E-state index < -0.39 is 0 Å². The summed E-state index contributed by atoms with van der Waals surface area (Å²) in [5.41, 5.74) is 8.03. The van der Waals surface area contributed by atoms with Crippen molar-refractivity contribution in [2.45, 2.75) is 32.9 Å². The highest BCUT2D eigenvalue weighted by molar-refractivity contribution is 14.0. The number of nitrogens with one attached hydrogen (secondary N) is 1. The molecule has 2 rings (SSSR count). The van der Waals surface area contributed by atoms with Crippen molar-refractivity contribution >= 4 is 41.3 Å². The van der Waals surface area contributed by atoms with Gasteiger partial charge in [-0.3, -0.25) is 0 Å². The van der Waals surface area contributed by atoms with Crippen LogP contribution in [0, 0.1) is 0 Å². The van der Waals surface area contributed by atoms with Crippen LogP contribution in [0.25, 0.3) is 0 Å². The van der Waals surface area contributed by atoms with Gasteiger partial charge in [0.1, 0.15) is 5.01 Å². The van der Waals surface area contributed by atoms with Crippen molar-refractivity contribution in [1.29, 1.82) is 0 Å². The molecule has 0 aliphatic carbocycles. The Labute approximate surface area is 169 Å². The summed E-state index contributed by atoms with van der Waals surface area (Å²) in [7, 11) is 3.22. The number of thiazole rings is 1. The molecule has 0 saturated heterocycles. The van der Waals surface area contributed by atoms with E-state index >= 15 is 0 Å². The van der Waals surface area contributed by atoms with E-state index in [1.54, 1.807) is 25.6 Å². The van der Waals surface area contributed by atoms with E-state index in [4.69, 9.17) is 15.2 Å². The Morgan fingerprint density at radius 2 is 2.00 bits per heavy atom. The minimum absolute atomic E-state index is 0. The lowest BCUT2D eigenvalue weighted by atomic mass is 10.2. The van der Waals surface area contributed by atoms with E-state index in [2.05, 4.69) is 34.5 Å². The molecule has 0 unspecified atom stereocenters. The Hall–Kier alpha value is -1.55. The Kier molecular flexibility index (Phi) is 8.98.